The summed E-state index contributed by atoms with van der Waals surface area (Å²) in [6.45, 7) is 1.98. The van der Waals surface area contributed by atoms with Crippen LogP contribution in [0.1, 0.15) is 55.4 Å². The highest BCUT2D eigenvalue weighted by Crippen LogP contribution is 2.66. The van der Waals surface area contributed by atoms with E-state index in [1.165, 1.54) is 18.4 Å². The standard InChI is InChI=1S/C28H34N2O5/c1-29(23(32)9-7-19-3-2-14-34-19)20-10-11-28(33)22-15-18-6-8-21(31)25-24(18)27(28,26(20)35-25)12-13-30(22)16-17-4-5-17/h2-3,6,8,14,17,20,22,26,31,33H,4-5,7,9-13,15-16H2,1H3/t20-,22-,26+,27+,28-/m1/s1. The van der Waals surface area contributed by atoms with Gasteiger partial charge in [0, 0.05) is 38.0 Å². The van der Waals surface area contributed by atoms with Crippen molar-refractivity contribution in [3.05, 3.63) is 47.4 Å². The van der Waals surface area contributed by atoms with E-state index >= 15 is 0 Å². The number of benzene rings is 1. The van der Waals surface area contributed by atoms with E-state index < -0.39 is 11.0 Å². The lowest BCUT2D eigenvalue weighted by molar-refractivity contribution is -0.200. The van der Waals surface area contributed by atoms with Gasteiger partial charge in [-0.05, 0) is 74.8 Å². The quantitative estimate of drug-likeness (QED) is 0.664. The number of phenols is 1. The summed E-state index contributed by atoms with van der Waals surface area (Å²) in [6, 6.07) is 7.38. The summed E-state index contributed by atoms with van der Waals surface area (Å²) in [6.07, 6.45) is 7.66. The van der Waals surface area contributed by atoms with Gasteiger partial charge in [-0.3, -0.25) is 9.69 Å². The number of carbonyl (C=O) groups excluding carboxylic acids is 1. The maximum atomic E-state index is 13.3. The van der Waals surface area contributed by atoms with Crippen molar-refractivity contribution < 1.29 is 24.2 Å². The maximum absolute atomic E-state index is 13.3. The fraction of sp³-hybridized carbons (Fsp3) is 0.607. The Balaban J connectivity index is 1.25. The highest BCUT2D eigenvalue weighted by Gasteiger charge is 2.73. The van der Waals surface area contributed by atoms with Gasteiger partial charge in [-0.25, -0.2) is 0 Å². The number of carbonyl (C=O) groups is 1. The van der Waals surface area contributed by atoms with E-state index in [0.717, 1.165) is 43.2 Å². The predicted molar refractivity (Wildman–Crippen MR) is 128 cm³/mol. The highest BCUT2D eigenvalue weighted by atomic mass is 16.5. The molecule has 3 aliphatic carbocycles. The van der Waals surface area contributed by atoms with Crippen LogP contribution in [-0.4, -0.2) is 69.8 Å². The van der Waals surface area contributed by atoms with Crippen LogP contribution in [0.25, 0.3) is 0 Å². The summed E-state index contributed by atoms with van der Waals surface area (Å²) < 4.78 is 12.0. The number of aliphatic hydroxyl groups is 1. The van der Waals surface area contributed by atoms with Crippen molar-refractivity contribution in [2.75, 3.05) is 20.1 Å². The minimum absolute atomic E-state index is 0.0480. The molecular weight excluding hydrogens is 444 g/mol. The molecule has 1 aromatic heterocycles. The molecule has 3 fully saturated rings. The van der Waals surface area contributed by atoms with Gasteiger partial charge in [0.15, 0.2) is 11.5 Å². The molecule has 2 saturated carbocycles. The van der Waals surface area contributed by atoms with Crippen LogP contribution < -0.4 is 4.74 Å². The summed E-state index contributed by atoms with van der Waals surface area (Å²) >= 11 is 0. The van der Waals surface area contributed by atoms with Crippen LogP contribution in [0.5, 0.6) is 11.5 Å². The molecule has 3 heterocycles. The molecule has 5 atom stereocenters. The number of phenolic OH excluding ortho intramolecular Hbond substituents is 1. The molecule has 186 valence electrons. The summed E-state index contributed by atoms with van der Waals surface area (Å²) in [7, 11) is 1.87. The number of likely N-dealkylation sites (tertiary alicyclic amines) is 1. The van der Waals surface area contributed by atoms with Gasteiger partial charge in [-0.15, -0.1) is 0 Å². The molecule has 1 aromatic carbocycles. The van der Waals surface area contributed by atoms with Crippen molar-refractivity contribution in [2.45, 2.75) is 80.6 Å². The normalized spacial score (nSPS) is 34.9. The average molecular weight is 479 g/mol. The van der Waals surface area contributed by atoms with Gasteiger partial charge in [0.05, 0.1) is 23.3 Å². The summed E-state index contributed by atoms with van der Waals surface area (Å²) in [5.41, 5.74) is 0.667. The zero-order valence-corrected chi connectivity index (χ0v) is 20.3. The van der Waals surface area contributed by atoms with E-state index in [-0.39, 0.29) is 29.8 Å². The molecule has 2 N–H and O–H groups in total. The van der Waals surface area contributed by atoms with E-state index in [1.807, 2.05) is 30.1 Å². The summed E-state index contributed by atoms with van der Waals surface area (Å²) in [4.78, 5) is 17.6. The van der Waals surface area contributed by atoms with Crippen LogP contribution in [-0.2, 0) is 23.1 Å². The fourth-order valence-electron chi connectivity index (χ4n) is 7.90. The lowest BCUT2D eigenvalue weighted by Gasteiger charge is -2.64. The Kier molecular flexibility index (Phi) is 4.66. The lowest BCUT2D eigenvalue weighted by Crippen LogP contribution is -2.78. The fourth-order valence-corrected chi connectivity index (χ4v) is 7.90. The minimum Gasteiger partial charge on any atom is -0.504 e. The summed E-state index contributed by atoms with van der Waals surface area (Å²) in [5, 5.41) is 23.3. The van der Waals surface area contributed by atoms with Crippen LogP contribution in [0.2, 0.25) is 0 Å². The first-order chi connectivity index (χ1) is 16.9. The van der Waals surface area contributed by atoms with Gasteiger partial charge in [-0.1, -0.05) is 6.07 Å². The van der Waals surface area contributed by atoms with E-state index in [4.69, 9.17) is 9.15 Å². The van der Waals surface area contributed by atoms with Gasteiger partial charge >= 0.3 is 0 Å². The van der Waals surface area contributed by atoms with E-state index in [2.05, 4.69) is 4.90 Å². The van der Waals surface area contributed by atoms with Crippen LogP contribution >= 0.6 is 0 Å². The topological polar surface area (TPSA) is 86.4 Å². The first kappa shape index (κ1) is 21.7. The van der Waals surface area contributed by atoms with Gasteiger partial charge < -0.3 is 24.3 Å². The van der Waals surface area contributed by atoms with Crippen molar-refractivity contribution >= 4 is 5.91 Å². The van der Waals surface area contributed by atoms with Crippen molar-refractivity contribution in [2.24, 2.45) is 5.92 Å². The van der Waals surface area contributed by atoms with Gasteiger partial charge in [0.1, 0.15) is 11.9 Å². The number of aryl methyl sites for hydroxylation is 1. The second kappa shape index (κ2) is 7.50. The molecule has 2 bridgehead atoms. The molecule has 5 aliphatic rings. The number of piperidine rings is 1. The Bertz CT molecular complexity index is 1160. The van der Waals surface area contributed by atoms with Gasteiger partial charge in [-0.2, -0.15) is 0 Å². The SMILES string of the molecule is CN(C(=O)CCc1ccco1)[C@@H]1CC[C@@]2(O)[C@H]3Cc4ccc(O)c5c4[C@@]2(CCN3CC2CC2)[C@H]1O5. The molecule has 2 aromatic rings. The zero-order valence-electron chi connectivity index (χ0n) is 20.3. The number of ether oxygens (including phenoxy) is 1. The second-order valence-electron chi connectivity index (χ2n) is 11.5. The van der Waals surface area contributed by atoms with Crippen molar-refractivity contribution in [1.82, 2.24) is 9.80 Å². The van der Waals surface area contributed by atoms with Crippen LogP contribution in [0.4, 0.5) is 0 Å². The second-order valence-corrected chi connectivity index (χ2v) is 11.5. The third-order valence-electron chi connectivity index (χ3n) is 9.79. The predicted octanol–water partition coefficient (Wildman–Crippen LogP) is 3.01. The smallest absolute Gasteiger partial charge is 0.223 e. The zero-order chi connectivity index (χ0) is 23.9. The van der Waals surface area contributed by atoms with Crippen molar-refractivity contribution in [3.8, 4) is 11.5 Å². The van der Waals surface area contributed by atoms with E-state index in [1.54, 1.807) is 12.3 Å². The molecule has 0 radical (unpaired) electrons. The third-order valence-corrected chi connectivity index (χ3v) is 9.79. The molecule has 1 amide bonds. The molecule has 7 rings (SSSR count). The van der Waals surface area contributed by atoms with Crippen LogP contribution in [0, 0.1) is 5.92 Å². The molecule has 2 aliphatic heterocycles. The molecule has 1 saturated heterocycles. The number of aromatic hydroxyl groups is 1. The van der Waals surface area contributed by atoms with Gasteiger partial charge in [0.25, 0.3) is 0 Å². The molecule has 7 nitrogen and oxygen atoms in total. The number of furan rings is 1. The van der Waals surface area contributed by atoms with Crippen molar-refractivity contribution in [3.63, 3.8) is 0 Å². The van der Waals surface area contributed by atoms with E-state index in [0.29, 0.717) is 31.4 Å². The molecule has 1 spiro atoms. The number of nitrogens with zero attached hydrogens (tertiary/aromatic N) is 2. The number of likely N-dealkylation sites (N-methyl/N-ethyl adjacent to an activating group) is 1. The molecule has 0 unspecified atom stereocenters. The van der Waals surface area contributed by atoms with Gasteiger partial charge in [0.2, 0.25) is 5.91 Å². The highest BCUT2D eigenvalue weighted by molar-refractivity contribution is 5.77. The Morgan fingerprint density at radius 2 is 2.09 bits per heavy atom. The monoisotopic (exact) mass is 478 g/mol. The number of rotatable bonds is 6. The summed E-state index contributed by atoms with van der Waals surface area (Å²) in [5.74, 6) is 2.29. The Morgan fingerprint density at radius 3 is 2.86 bits per heavy atom. The Hall–Kier alpha value is -2.51. The average Bonchev–Trinajstić information content (AvgIpc) is 3.36. The van der Waals surface area contributed by atoms with E-state index in [9.17, 15) is 15.0 Å². The number of hydrogen-bond donors (Lipinski definition) is 2. The largest absolute Gasteiger partial charge is 0.504 e. The number of amides is 1. The Labute approximate surface area is 205 Å². The maximum Gasteiger partial charge on any atom is 0.223 e. The lowest BCUT2D eigenvalue weighted by atomic mass is 9.48. The molecule has 35 heavy (non-hydrogen) atoms. The first-order valence-electron chi connectivity index (χ1n) is 13.2. The van der Waals surface area contributed by atoms with Crippen LogP contribution in [0.15, 0.2) is 34.9 Å². The third kappa shape index (κ3) is 2.94. The van der Waals surface area contributed by atoms with Crippen LogP contribution in [0.3, 0.4) is 0 Å². The Morgan fingerprint density at radius 1 is 1.23 bits per heavy atom. The number of hydrogen-bond acceptors (Lipinski definition) is 6. The van der Waals surface area contributed by atoms with Crippen molar-refractivity contribution in [1.29, 1.82) is 0 Å². The first-order valence-corrected chi connectivity index (χ1v) is 13.2. The minimum atomic E-state index is -0.925. The molecule has 7 heteroatoms. The molecular formula is C28H34N2O5.